The van der Waals surface area contributed by atoms with E-state index >= 15 is 0 Å². The smallest absolute Gasteiger partial charge is 0.243 e. The van der Waals surface area contributed by atoms with Gasteiger partial charge in [-0.3, -0.25) is 4.99 Å². The molecule has 0 saturated heterocycles. The maximum absolute atomic E-state index is 12.5. The topological polar surface area (TPSA) is 83.0 Å². The molecule has 0 heterocycles. The minimum Gasteiger partial charge on any atom is -0.497 e. The molecular weight excluding hydrogens is 388 g/mol. The van der Waals surface area contributed by atoms with Crippen LogP contribution in [-0.4, -0.2) is 45.9 Å². The van der Waals surface area contributed by atoms with Crippen molar-refractivity contribution < 1.29 is 13.2 Å². The fraction of sp³-hybridized carbons (Fsp3) is 0.381. The molecule has 0 atom stereocenters. The molecule has 0 aliphatic carbocycles. The van der Waals surface area contributed by atoms with Gasteiger partial charge in [-0.15, -0.1) is 0 Å². The highest BCUT2D eigenvalue weighted by molar-refractivity contribution is 7.89. The third-order valence-corrected chi connectivity index (χ3v) is 6.68. The summed E-state index contributed by atoms with van der Waals surface area (Å²) in [5.74, 6) is 1.48. The summed E-state index contributed by atoms with van der Waals surface area (Å²) in [4.78, 5) is 4.51. The van der Waals surface area contributed by atoms with Gasteiger partial charge in [0, 0.05) is 33.2 Å². The second-order valence-corrected chi connectivity index (χ2v) is 8.88. The molecule has 0 saturated carbocycles. The third-order valence-electron chi connectivity index (χ3n) is 4.63. The second-order valence-electron chi connectivity index (χ2n) is 6.89. The predicted octanol–water partition coefficient (Wildman–Crippen LogP) is 2.59. The van der Waals surface area contributed by atoms with Crippen LogP contribution in [0.5, 0.6) is 5.75 Å². The summed E-state index contributed by atoms with van der Waals surface area (Å²) in [6, 6.07) is 14.6. The molecule has 0 aromatic heterocycles. The lowest BCUT2D eigenvalue weighted by Gasteiger charge is -2.21. The van der Waals surface area contributed by atoms with E-state index in [-0.39, 0.29) is 6.04 Å². The van der Waals surface area contributed by atoms with Crippen molar-refractivity contribution in [1.82, 2.24) is 14.9 Å². The predicted molar refractivity (Wildman–Crippen MR) is 117 cm³/mol. The standard InChI is InChI=1S/C21H30N4O3S/c1-16(2)25(4)29(26,27)20-12-8-18(9-13-20)15-24-21(22-3)23-14-17-6-10-19(28-5)11-7-17/h6-13,16H,14-15H2,1-5H3,(H2,22,23,24). The van der Waals surface area contributed by atoms with Crippen molar-refractivity contribution in [3.8, 4) is 5.75 Å². The third kappa shape index (κ3) is 6.20. The molecule has 0 amide bonds. The quantitative estimate of drug-likeness (QED) is 0.509. The van der Waals surface area contributed by atoms with E-state index in [1.807, 2.05) is 50.2 Å². The van der Waals surface area contributed by atoms with Crippen molar-refractivity contribution in [2.24, 2.45) is 4.99 Å². The van der Waals surface area contributed by atoms with Crippen molar-refractivity contribution in [2.45, 2.75) is 37.9 Å². The molecule has 8 heteroatoms. The van der Waals surface area contributed by atoms with Gasteiger partial charge in [0.1, 0.15) is 5.75 Å². The van der Waals surface area contributed by atoms with Crippen LogP contribution in [0, 0.1) is 0 Å². The minimum absolute atomic E-state index is 0.0959. The van der Waals surface area contributed by atoms with Crippen molar-refractivity contribution in [2.75, 3.05) is 21.2 Å². The molecule has 0 unspecified atom stereocenters. The molecule has 0 spiro atoms. The van der Waals surface area contributed by atoms with Crippen molar-refractivity contribution in [3.63, 3.8) is 0 Å². The first-order valence-electron chi connectivity index (χ1n) is 9.42. The number of benzene rings is 2. The fourth-order valence-electron chi connectivity index (χ4n) is 2.56. The Morgan fingerprint density at radius 3 is 1.90 bits per heavy atom. The lowest BCUT2D eigenvalue weighted by Crippen LogP contribution is -2.36. The van der Waals surface area contributed by atoms with E-state index in [2.05, 4.69) is 15.6 Å². The first-order chi connectivity index (χ1) is 13.8. The first-order valence-corrected chi connectivity index (χ1v) is 10.9. The maximum atomic E-state index is 12.5. The molecule has 0 radical (unpaired) electrons. The monoisotopic (exact) mass is 418 g/mol. The zero-order valence-electron chi connectivity index (χ0n) is 17.6. The van der Waals surface area contributed by atoms with Gasteiger partial charge < -0.3 is 15.4 Å². The number of nitrogens with one attached hydrogen (secondary N) is 2. The largest absolute Gasteiger partial charge is 0.497 e. The average molecular weight is 419 g/mol. The summed E-state index contributed by atoms with van der Waals surface area (Å²) in [6.07, 6.45) is 0. The Labute approximate surface area is 173 Å². The zero-order valence-corrected chi connectivity index (χ0v) is 18.5. The van der Waals surface area contributed by atoms with Gasteiger partial charge in [0.25, 0.3) is 0 Å². The first kappa shape index (κ1) is 22.7. The van der Waals surface area contributed by atoms with E-state index in [1.165, 1.54) is 4.31 Å². The second kappa shape index (κ2) is 10.3. The highest BCUT2D eigenvalue weighted by atomic mass is 32.2. The Kier molecular flexibility index (Phi) is 8.04. The Morgan fingerprint density at radius 1 is 1.00 bits per heavy atom. The summed E-state index contributed by atoms with van der Waals surface area (Å²) >= 11 is 0. The van der Waals surface area contributed by atoms with Crippen LogP contribution in [0.2, 0.25) is 0 Å². The van der Waals surface area contributed by atoms with Crippen LogP contribution in [0.15, 0.2) is 58.4 Å². The lowest BCUT2D eigenvalue weighted by atomic mass is 10.2. The zero-order chi connectivity index (χ0) is 21.4. The molecule has 2 aromatic rings. The number of ether oxygens (including phenoxy) is 1. The molecule has 7 nitrogen and oxygen atoms in total. The van der Waals surface area contributed by atoms with Gasteiger partial charge in [0.2, 0.25) is 10.0 Å². The summed E-state index contributed by atoms with van der Waals surface area (Å²) in [5, 5.41) is 6.48. The molecule has 0 fully saturated rings. The van der Waals surface area contributed by atoms with Crippen molar-refractivity contribution in [1.29, 1.82) is 0 Å². The molecule has 158 valence electrons. The maximum Gasteiger partial charge on any atom is 0.243 e. The summed E-state index contributed by atoms with van der Waals surface area (Å²) in [7, 11) is 1.48. The van der Waals surface area contributed by atoms with Crippen LogP contribution in [-0.2, 0) is 23.1 Å². The molecule has 29 heavy (non-hydrogen) atoms. The van der Waals surface area contributed by atoms with Gasteiger partial charge in [-0.1, -0.05) is 24.3 Å². The van der Waals surface area contributed by atoms with Crippen molar-refractivity contribution in [3.05, 3.63) is 59.7 Å². The molecule has 2 aromatic carbocycles. The van der Waals surface area contributed by atoms with Gasteiger partial charge in [-0.25, -0.2) is 8.42 Å². The van der Waals surface area contributed by atoms with Gasteiger partial charge in [-0.2, -0.15) is 4.31 Å². The number of sulfonamides is 1. The number of methoxy groups -OCH3 is 1. The number of nitrogens with zero attached hydrogens (tertiary/aromatic N) is 2. The lowest BCUT2D eigenvalue weighted by molar-refractivity contribution is 0.410. The normalized spacial score (nSPS) is 12.3. The van der Waals surface area contributed by atoms with Crippen LogP contribution in [0.3, 0.4) is 0 Å². The highest BCUT2D eigenvalue weighted by Gasteiger charge is 2.22. The van der Waals surface area contributed by atoms with Crippen LogP contribution >= 0.6 is 0 Å². The summed E-state index contributed by atoms with van der Waals surface area (Å²) < 4.78 is 31.6. The SMILES string of the molecule is CN=C(NCc1ccc(OC)cc1)NCc1ccc(S(=O)(=O)N(C)C(C)C)cc1. The molecule has 0 aliphatic heterocycles. The van der Waals surface area contributed by atoms with E-state index in [1.54, 1.807) is 33.3 Å². The van der Waals surface area contributed by atoms with E-state index in [0.29, 0.717) is 23.9 Å². The fourth-order valence-corrected chi connectivity index (χ4v) is 3.93. The number of rotatable bonds is 8. The highest BCUT2D eigenvalue weighted by Crippen LogP contribution is 2.17. The molecule has 2 N–H and O–H groups in total. The Hall–Kier alpha value is -2.58. The Bertz CT molecular complexity index is 908. The summed E-state index contributed by atoms with van der Waals surface area (Å²) in [5.41, 5.74) is 2.07. The Balaban J connectivity index is 1.92. The summed E-state index contributed by atoms with van der Waals surface area (Å²) in [6.45, 7) is 4.85. The number of hydrogen-bond acceptors (Lipinski definition) is 4. The van der Waals surface area contributed by atoms with E-state index in [0.717, 1.165) is 16.9 Å². The van der Waals surface area contributed by atoms with Crippen LogP contribution in [0.25, 0.3) is 0 Å². The van der Waals surface area contributed by atoms with Crippen LogP contribution < -0.4 is 15.4 Å². The number of guanidine groups is 1. The molecule has 0 aliphatic rings. The van der Waals surface area contributed by atoms with Crippen molar-refractivity contribution >= 4 is 16.0 Å². The van der Waals surface area contributed by atoms with Crippen LogP contribution in [0.4, 0.5) is 0 Å². The molecule has 0 bridgehead atoms. The molecular formula is C21H30N4O3S. The van der Waals surface area contributed by atoms with E-state index in [9.17, 15) is 8.42 Å². The molecule has 2 rings (SSSR count). The number of aliphatic imine (C=N–C) groups is 1. The van der Waals surface area contributed by atoms with E-state index < -0.39 is 10.0 Å². The number of hydrogen-bond donors (Lipinski definition) is 2. The van der Waals surface area contributed by atoms with Gasteiger partial charge in [-0.05, 0) is 49.2 Å². The minimum atomic E-state index is -3.47. The van der Waals surface area contributed by atoms with Gasteiger partial charge in [0.15, 0.2) is 5.96 Å². The van der Waals surface area contributed by atoms with Gasteiger partial charge in [0.05, 0.1) is 12.0 Å². The Morgan fingerprint density at radius 2 is 1.48 bits per heavy atom. The van der Waals surface area contributed by atoms with Gasteiger partial charge >= 0.3 is 0 Å². The van der Waals surface area contributed by atoms with E-state index in [4.69, 9.17) is 4.74 Å². The average Bonchev–Trinajstić information content (AvgIpc) is 2.73. The van der Waals surface area contributed by atoms with Crippen LogP contribution in [0.1, 0.15) is 25.0 Å².